The Morgan fingerprint density at radius 1 is 1.19 bits per heavy atom. The van der Waals surface area contributed by atoms with E-state index in [0.717, 1.165) is 13.1 Å². The van der Waals surface area contributed by atoms with Crippen molar-refractivity contribution in [1.82, 2.24) is 5.32 Å². The van der Waals surface area contributed by atoms with E-state index in [1.165, 1.54) is 24.2 Å². The monoisotopic (exact) mass is 290 g/mol. The second-order valence-electron chi connectivity index (χ2n) is 5.48. The first-order chi connectivity index (χ1) is 10.2. The summed E-state index contributed by atoms with van der Waals surface area (Å²) in [6.45, 7) is 5.13. The van der Waals surface area contributed by atoms with Crippen LogP contribution in [0.2, 0.25) is 0 Å². The van der Waals surface area contributed by atoms with Crippen LogP contribution in [0.3, 0.4) is 0 Å². The van der Waals surface area contributed by atoms with Crippen LogP contribution in [0.15, 0.2) is 24.3 Å². The molecule has 0 bridgehead atoms. The molecule has 2 amide bonds. The minimum absolute atomic E-state index is 0.0138. The van der Waals surface area contributed by atoms with Gasteiger partial charge in [-0.05, 0) is 44.4 Å². The van der Waals surface area contributed by atoms with Crippen LogP contribution in [0.1, 0.15) is 36.5 Å². The molecule has 0 radical (unpaired) electrons. The predicted octanol–water partition coefficient (Wildman–Crippen LogP) is 0.444. The maximum atomic E-state index is 12.1. The van der Waals surface area contributed by atoms with Gasteiger partial charge in [-0.25, -0.2) is 0 Å². The molecule has 0 aliphatic carbocycles. The highest BCUT2D eigenvalue weighted by Gasteiger charge is 2.17. The van der Waals surface area contributed by atoms with E-state index in [2.05, 4.69) is 10.6 Å². The van der Waals surface area contributed by atoms with Gasteiger partial charge in [-0.3, -0.25) is 9.59 Å². The summed E-state index contributed by atoms with van der Waals surface area (Å²) in [5, 5.41) is 5.64. The Balaban J connectivity index is 1.91. The zero-order chi connectivity index (χ0) is 15.1. The van der Waals surface area contributed by atoms with E-state index < -0.39 is 0 Å². The molecule has 0 spiro atoms. The molecule has 1 fully saturated rings. The zero-order valence-electron chi connectivity index (χ0n) is 12.6. The summed E-state index contributed by atoms with van der Waals surface area (Å²) < 4.78 is 0. The third kappa shape index (κ3) is 4.86. The average Bonchev–Trinajstić information content (AvgIpc) is 2.48. The topological polar surface area (TPSA) is 62.6 Å². The maximum Gasteiger partial charge on any atom is 0.279 e. The molecular formula is C16H24N3O2+. The zero-order valence-corrected chi connectivity index (χ0v) is 12.6. The molecule has 0 saturated carbocycles. The molecule has 5 heteroatoms. The third-order valence-corrected chi connectivity index (χ3v) is 3.72. The third-order valence-electron chi connectivity index (χ3n) is 3.72. The second kappa shape index (κ2) is 7.78. The van der Waals surface area contributed by atoms with E-state index >= 15 is 0 Å². The number of hydrogen-bond acceptors (Lipinski definition) is 2. The van der Waals surface area contributed by atoms with Crippen molar-refractivity contribution >= 4 is 17.5 Å². The lowest BCUT2D eigenvalue weighted by atomic mass is 10.1. The van der Waals surface area contributed by atoms with Crippen LogP contribution in [0, 0.1) is 0 Å². The fraction of sp³-hybridized carbons (Fsp3) is 0.500. The number of hydrogen-bond donors (Lipinski definition) is 3. The Bertz CT molecular complexity index is 496. The van der Waals surface area contributed by atoms with Gasteiger partial charge in [0.1, 0.15) is 0 Å². The van der Waals surface area contributed by atoms with Crippen LogP contribution in [0.4, 0.5) is 5.69 Å². The van der Waals surface area contributed by atoms with Crippen molar-refractivity contribution < 1.29 is 14.5 Å². The van der Waals surface area contributed by atoms with Gasteiger partial charge >= 0.3 is 0 Å². The first-order valence-electron chi connectivity index (χ1n) is 7.70. The van der Waals surface area contributed by atoms with E-state index in [9.17, 15) is 9.59 Å². The fourth-order valence-electron chi connectivity index (χ4n) is 2.66. The standard InChI is InChI=1S/C16H23N3O2/c1-2-17-16(21)13-7-6-8-14(11-13)18-15(20)12-19-9-4-3-5-10-19/h6-8,11H,2-5,9-10,12H2,1H3,(H,17,21)(H,18,20)/p+1. The summed E-state index contributed by atoms with van der Waals surface area (Å²) in [6, 6.07) is 7.06. The number of quaternary nitrogens is 1. The minimum atomic E-state index is -0.116. The molecule has 21 heavy (non-hydrogen) atoms. The molecule has 2 rings (SSSR count). The molecule has 5 nitrogen and oxygen atoms in total. The van der Waals surface area contributed by atoms with E-state index in [-0.39, 0.29) is 11.8 Å². The van der Waals surface area contributed by atoms with Crippen LogP contribution >= 0.6 is 0 Å². The Labute approximate surface area is 125 Å². The maximum absolute atomic E-state index is 12.1. The molecule has 0 aromatic heterocycles. The van der Waals surface area contributed by atoms with Crippen molar-refractivity contribution in [2.24, 2.45) is 0 Å². The number of amides is 2. The first kappa shape index (κ1) is 15.5. The number of benzene rings is 1. The summed E-state index contributed by atoms with van der Waals surface area (Å²) in [6.07, 6.45) is 3.68. The lowest BCUT2D eigenvalue weighted by molar-refractivity contribution is -0.896. The van der Waals surface area contributed by atoms with Crippen LogP contribution in [-0.4, -0.2) is 38.0 Å². The van der Waals surface area contributed by atoms with Gasteiger partial charge in [0.05, 0.1) is 13.1 Å². The second-order valence-corrected chi connectivity index (χ2v) is 5.48. The Kier molecular flexibility index (Phi) is 5.75. The minimum Gasteiger partial charge on any atom is -0.352 e. The highest BCUT2D eigenvalue weighted by molar-refractivity contribution is 5.97. The number of piperidine rings is 1. The number of nitrogens with one attached hydrogen (secondary N) is 3. The first-order valence-corrected chi connectivity index (χ1v) is 7.70. The normalized spacial score (nSPS) is 15.5. The summed E-state index contributed by atoms with van der Waals surface area (Å²) in [5.74, 6) is -0.102. The predicted molar refractivity (Wildman–Crippen MR) is 82.5 cm³/mol. The van der Waals surface area contributed by atoms with Crippen molar-refractivity contribution in [2.45, 2.75) is 26.2 Å². The Morgan fingerprint density at radius 2 is 1.95 bits per heavy atom. The van der Waals surface area contributed by atoms with Gasteiger partial charge in [0, 0.05) is 17.8 Å². The van der Waals surface area contributed by atoms with Gasteiger partial charge in [-0.15, -0.1) is 0 Å². The van der Waals surface area contributed by atoms with E-state index in [0.29, 0.717) is 24.3 Å². The van der Waals surface area contributed by atoms with Crippen molar-refractivity contribution in [1.29, 1.82) is 0 Å². The molecule has 3 N–H and O–H groups in total. The number of anilines is 1. The van der Waals surface area contributed by atoms with E-state index in [4.69, 9.17) is 0 Å². The van der Waals surface area contributed by atoms with E-state index in [1.807, 2.05) is 13.0 Å². The number of carbonyl (C=O) groups excluding carboxylic acids is 2. The molecule has 1 aromatic carbocycles. The SMILES string of the molecule is CCNC(=O)c1cccc(NC(=O)C[NH+]2CCCCC2)c1. The quantitative estimate of drug-likeness (QED) is 0.737. The van der Waals surface area contributed by atoms with Crippen LogP contribution in [-0.2, 0) is 4.79 Å². The van der Waals surface area contributed by atoms with Crippen molar-refractivity contribution in [3.63, 3.8) is 0 Å². The van der Waals surface area contributed by atoms with Crippen molar-refractivity contribution in [2.75, 3.05) is 31.5 Å². The molecule has 0 atom stereocenters. The van der Waals surface area contributed by atoms with Gasteiger partial charge in [0.2, 0.25) is 0 Å². The number of carbonyl (C=O) groups is 2. The van der Waals surface area contributed by atoms with Gasteiger partial charge in [-0.1, -0.05) is 6.07 Å². The molecule has 0 unspecified atom stereocenters. The molecule has 1 aliphatic heterocycles. The van der Waals surface area contributed by atoms with Gasteiger partial charge in [-0.2, -0.15) is 0 Å². The lowest BCUT2D eigenvalue weighted by Crippen LogP contribution is -3.13. The van der Waals surface area contributed by atoms with Gasteiger partial charge in [0.25, 0.3) is 11.8 Å². The molecular weight excluding hydrogens is 266 g/mol. The largest absolute Gasteiger partial charge is 0.352 e. The smallest absolute Gasteiger partial charge is 0.279 e. The number of rotatable bonds is 5. The molecule has 1 heterocycles. The van der Waals surface area contributed by atoms with Crippen molar-refractivity contribution in [3.8, 4) is 0 Å². The van der Waals surface area contributed by atoms with Crippen LogP contribution in [0.5, 0.6) is 0 Å². The lowest BCUT2D eigenvalue weighted by Gasteiger charge is -2.22. The molecule has 1 aliphatic rings. The van der Waals surface area contributed by atoms with Gasteiger partial charge in [0.15, 0.2) is 6.54 Å². The summed E-state index contributed by atoms with van der Waals surface area (Å²) in [5.41, 5.74) is 1.25. The fourth-order valence-corrected chi connectivity index (χ4v) is 2.66. The molecule has 114 valence electrons. The Morgan fingerprint density at radius 3 is 2.67 bits per heavy atom. The van der Waals surface area contributed by atoms with Crippen LogP contribution < -0.4 is 15.5 Å². The van der Waals surface area contributed by atoms with Crippen LogP contribution in [0.25, 0.3) is 0 Å². The summed E-state index contributed by atoms with van der Waals surface area (Å²) in [4.78, 5) is 25.2. The summed E-state index contributed by atoms with van der Waals surface area (Å²) >= 11 is 0. The van der Waals surface area contributed by atoms with Gasteiger partial charge < -0.3 is 15.5 Å². The summed E-state index contributed by atoms with van der Waals surface area (Å²) in [7, 11) is 0. The average molecular weight is 290 g/mol. The highest BCUT2D eigenvalue weighted by Crippen LogP contribution is 2.10. The highest BCUT2D eigenvalue weighted by atomic mass is 16.2. The molecule has 1 aromatic rings. The molecule has 1 saturated heterocycles. The van der Waals surface area contributed by atoms with E-state index in [1.54, 1.807) is 18.2 Å². The van der Waals surface area contributed by atoms with Crippen molar-refractivity contribution in [3.05, 3.63) is 29.8 Å². The number of likely N-dealkylation sites (tertiary alicyclic amines) is 1. The Hall–Kier alpha value is -1.88.